The van der Waals surface area contributed by atoms with Crippen LogP contribution >= 0.6 is 23.2 Å². The van der Waals surface area contributed by atoms with Gasteiger partial charge in [0, 0.05) is 52.7 Å². The molecule has 1 aromatic carbocycles. The van der Waals surface area contributed by atoms with Crippen molar-refractivity contribution in [2.75, 3.05) is 5.32 Å². The molecule has 138 valence electrons. The summed E-state index contributed by atoms with van der Waals surface area (Å²) in [6.45, 7) is 0.335. The Hall–Kier alpha value is -2.70. The number of hydrogen-bond acceptors (Lipinski definition) is 4. The highest BCUT2D eigenvalue weighted by Crippen LogP contribution is 2.22. The van der Waals surface area contributed by atoms with Crippen LogP contribution < -0.4 is 10.9 Å². The van der Waals surface area contributed by atoms with E-state index in [0.717, 1.165) is 5.56 Å². The van der Waals surface area contributed by atoms with Gasteiger partial charge in [-0.25, -0.2) is 4.68 Å². The molecular formula is C19H16Cl2N4O2. The van der Waals surface area contributed by atoms with Crippen LogP contribution in [-0.2, 0) is 11.3 Å². The lowest BCUT2D eigenvalue weighted by molar-refractivity contribution is -0.116. The maximum Gasteiger partial charge on any atom is 0.266 e. The minimum Gasteiger partial charge on any atom is -0.326 e. The van der Waals surface area contributed by atoms with E-state index in [1.165, 1.54) is 10.7 Å². The number of rotatable bonds is 6. The van der Waals surface area contributed by atoms with Crippen LogP contribution in [0.3, 0.4) is 0 Å². The summed E-state index contributed by atoms with van der Waals surface area (Å²) in [6, 6.07) is 11.6. The third kappa shape index (κ3) is 5.39. The number of hydrogen-bond donors (Lipinski definition) is 1. The van der Waals surface area contributed by atoms with Crippen LogP contribution in [0.5, 0.6) is 0 Å². The van der Waals surface area contributed by atoms with Crippen LogP contribution in [0.25, 0.3) is 11.3 Å². The molecule has 0 aliphatic carbocycles. The standard InChI is InChI=1S/C19H16Cl2N4O2/c20-14-10-15(21)12-16(11-14)23-18(26)2-1-9-25-19(27)4-3-17(24-25)13-5-7-22-8-6-13/h3-8,10-12H,1-2,9H2,(H,23,26). The molecule has 0 aliphatic rings. The zero-order chi connectivity index (χ0) is 19.2. The third-order valence-electron chi connectivity index (χ3n) is 3.76. The van der Waals surface area contributed by atoms with Gasteiger partial charge < -0.3 is 5.32 Å². The molecule has 0 fully saturated rings. The molecule has 2 heterocycles. The molecule has 1 amide bonds. The monoisotopic (exact) mass is 402 g/mol. The molecule has 8 heteroatoms. The second-order valence-corrected chi connectivity index (χ2v) is 6.70. The predicted molar refractivity (Wildman–Crippen MR) is 106 cm³/mol. The van der Waals surface area contributed by atoms with Gasteiger partial charge in [0.15, 0.2) is 0 Å². The number of aryl methyl sites for hydroxylation is 1. The van der Waals surface area contributed by atoms with Gasteiger partial charge in [-0.2, -0.15) is 5.10 Å². The van der Waals surface area contributed by atoms with E-state index in [1.54, 1.807) is 36.7 Å². The summed E-state index contributed by atoms with van der Waals surface area (Å²) in [7, 11) is 0. The molecule has 0 saturated carbocycles. The predicted octanol–water partition coefficient (Wildman–Crippen LogP) is 4.03. The van der Waals surface area contributed by atoms with Gasteiger partial charge in [-0.3, -0.25) is 14.6 Å². The first-order valence-corrected chi connectivity index (χ1v) is 9.01. The number of benzene rings is 1. The maximum atomic E-state index is 12.1. The van der Waals surface area contributed by atoms with E-state index in [0.29, 0.717) is 34.4 Å². The quantitative estimate of drug-likeness (QED) is 0.674. The minimum atomic E-state index is -0.213. The van der Waals surface area contributed by atoms with Gasteiger partial charge in [-0.05, 0) is 42.8 Å². The van der Waals surface area contributed by atoms with Gasteiger partial charge in [-0.1, -0.05) is 23.2 Å². The fraction of sp³-hybridized carbons (Fsp3) is 0.158. The molecule has 0 bridgehead atoms. The summed E-state index contributed by atoms with van der Waals surface area (Å²) in [6.07, 6.45) is 4.03. The first-order valence-electron chi connectivity index (χ1n) is 8.26. The first kappa shape index (κ1) is 19.1. The van der Waals surface area contributed by atoms with E-state index in [1.807, 2.05) is 12.1 Å². The molecule has 0 atom stereocenters. The average molecular weight is 403 g/mol. The Morgan fingerprint density at radius 2 is 1.74 bits per heavy atom. The topological polar surface area (TPSA) is 76.9 Å². The van der Waals surface area contributed by atoms with Gasteiger partial charge in [0.05, 0.1) is 5.69 Å². The second-order valence-electron chi connectivity index (χ2n) is 5.83. The largest absolute Gasteiger partial charge is 0.326 e. The number of nitrogens with one attached hydrogen (secondary N) is 1. The van der Waals surface area contributed by atoms with E-state index >= 15 is 0 Å². The summed E-state index contributed by atoms with van der Waals surface area (Å²) in [4.78, 5) is 28.1. The minimum absolute atomic E-state index is 0.188. The number of carbonyl (C=O) groups excluding carboxylic acids is 1. The summed E-state index contributed by atoms with van der Waals surface area (Å²) in [5.41, 5.74) is 1.87. The van der Waals surface area contributed by atoms with Gasteiger partial charge in [0.2, 0.25) is 5.91 Å². The fourth-order valence-electron chi connectivity index (χ4n) is 2.52. The van der Waals surface area contributed by atoms with E-state index in [2.05, 4.69) is 15.4 Å². The van der Waals surface area contributed by atoms with Crippen LogP contribution in [0.15, 0.2) is 59.7 Å². The Morgan fingerprint density at radius 3 is 2.44 bits per heavy atom. The van der Waals surface area contributed by atoms with Crippen molar-refractivity contribution in [1.82, 2.24) is 14.8 Å². The molecule has 2 aromatic heterocycles. The highest BCUT2D eigenvalue weighted by molar-refractivity contribution is 6.35. The van der Waals surface area contributed by atoms with Crippen LogP contribution in [0.2, 0.25) is 10.0 Å². The molecular weight excluding hydrogens is 387 g/mol. The van der Waals surface area contributed by atoms with E-state index < -0.39 is 0 Å². The molecule has 0 unspecified atom stereocenters. The number of aromatic nitrogens is 3. The van der Waals surface area contributed by atoms with E-state index in [4.69, 9.17) is 23.2 Å². The number of pyridine rings is 1. The maximum absolute atomic E-state index is 12.1. The van der Waals surface area contributed by atoms with Gasteiger partial charge >= 0.3 is 0 Å². The summed E-state index contributed by atoms with van der Waals surface area (Å²) < 4.78 is 1.36. The van der Waals surface area contributed by atoms with Crippen LogP contribution in [0.1, 0.15) is 12.8 Å². The molecule has 27 heavy (non-hydrogen) atoms. The number of anilines is 1. The van der Waals surface area contributed by atoms with Crippen molar-refractivity contribution in [3.05, 3.63) is 75.3 Å². The SMILES string of the molecule is O=C(CCCn1nc(-c2ccncc2)ccc1=O)Nc1cc(Cl)cc(Cl)c1. The molecule has 0 saturated heterocycles. The van der Waals surface area contributed by atoms with Crippen molar-refractivity contribution in [3.63, 3.8) is 0 Å². The highest BCUT2D eigenvalue weighted by Gasteiger charge is 2.07. The fourth-order valence-corrected chi connectivity index (χ4v) is 3.05. The van der Waals surface area contributed by atoms with Gasteiger partial charge in [0.1, 0.15) is 0 Å². The Bertz CT molecular complexity index is 986. The number of carbonyl (C=O) groups is 1. The third-order valence-corrected chi connectivity index (χ3v) is 4.20. The lowest BCUT2D eigenvalue weighted by atomic mass is 10.2. The zero-order valence-electron chi connectivity index (χ0n) is 14.2. The summed E-state index contributed by atoms with van der Waals surface area (Å²) in [5.74, 6) is -0.188. The Labute approximate surface area is 165 Å². The molecule has 3 rings (SSSR count). The van der Waals surface area contributed by atoms with Crippen molar-refractivity contribution >= 4 is 34.8 Å². The molecule has 3 aromatic rings. The van der Waals surface area contributed by atoms with Crippen LogP contribution in [0, 0.1) is 0 Å². The number of nitrogens with zero attached hydrogens (tertiary/aromatic N) is 3. The zero-order valence-corrected chi connectivity index (χ0v) is 15.7. The van der Waals surface area contributed by atoms with Crippen LogP contribution in [0.4, 0.5) is 5.69 Å². The molecule has 0 spiro atoms. The summed E-state index contributed by atoms with van der Waals surface area (Å²) in [5, 5.41) is 7.99. The summed E-state index contributed by atoms with van der Waals surface area (Å²) >= 11 is 11.8. The molecule has 0 radical (unpaired) electrons. The van der Waals surface area contributed by atoms with E-state index in [9.17, 15) is 9.59 Å². The Kier molecular flexibility index (Phi) is 6.21. The van der Waals surface area contributed by atoms with Gasteiger partial charge in [0.25, 0.3) is 5.56 Å². The Morgan fingerprint density at radius 1 is 1.04 bits per heavy atom. The van der Waals surface area contributed by atoms with Crippen LogP contribution in [-0.4, -0.2) is 20.7 Å². The molecule has 1 N–H and O–H groups in total. The van der Waals surface area contributed by atoms with E-state index in [-0.39, 0.29) is 17.9 Å². The average Bonchev–Trinajstić information content (AvgIpc) is 2.63. The second kappa shape index (κ2) is 8.79. The number of amides is 1. The Balaban J connectivity index is 1.60. The molecule has 0 aliphatic heterocycles. The first-order chi connectivity index (χ1) is 13.0. The van der Waals surface area contributed by atoms with Crippen molar-refractivity contribution in [2.45, 2.75) is 19.4 Å². The number of halogens is 2. The molecule has 6 nitrogen and oxygen atoms in total. The smallest absolute Gasteiger partial charge is 0.266 e. The highest BCUT2D eigenvalue weighted by atomic mass is 35.5. The normalized spacial score (nSPS) is 10.6. The van der Waals surface area contributed by atoms with Crippen molar-refractivity contribution in [3.8, 4) is 11.3 Å². The van der Waals surface area contributed by atoms with Crippen molar-refractivity contribution in [1.29, 1.82) is 0 Å². The van der Waals surface area contributed by atoms with Crippen molar-refractivity contribution < 1.29 is 4.79 Å². The lowest BCUT2D eigenvalue weighted by Crippen LogP contribution is -2.23. The van der Waals surface area contributed by atoms with Crippen molar-refractivity contribution in [2.24, 2.45) is 0 Å². The lowest BCUT2D eigenvalue weighted by Gasteiger charge is -2.08. The van der Waals surface area contributed by atoms with Gasteiger partial charge in [-0.15, -0.1) is 0 Å².